The van der Waals surface area contributed by atoms with Crippen molar-refractivity contribution in [2.45, 2.75) is 9.79 Å². The molecule has 88 valence electrons. The fraction of sp³-hybridized carbons (Fsp3) is 0. The van der Waals surface area contributed by atoms with Gasteiger partial charge in [0.15, 0.2) is 11.6 Å². The minimum atomic E-state index is -0.876. The van der Waals surface area contributed by atoms with Gasteiger partial charge in [-0.15, -0.1) is 0 Å². The summed E-state index contributed by atoms with van der Waals surface area (Å²) < 4.78 is 26.5. The van der Waals surface area contributed by atoms with Crippen molar-refractivity contribution in [3.05, 3.63) is 46.7 Å². The second-order valence-electron chi connectivity index (χ2n) is 3.22. The van der Waals surface area contributed by atoms with E-state index in [1.165, 1.54) is 24.0 Å². The first kappa shape index (κ1) is 12.3. The van der Waals surface area contributed by atoms with Gasteiger partial charge in [0.05, 0.1) is 21.3 Å². The molecule has 0 amide bonds. The fourth-order valence-electron chi connectivity index (χ4n) is 1.20. The van der Waals surface area contributed by atoms with E-state index in [0.717, 1.165) is 17.0 Å². The molecule has 0 radical (unpaired) electrons. The zero-order valence-corrected chi connectivity index (χ0v) is 10.9. The third-order valence-corrected chi connectivity index (χ3v) is 4.00. The molecule has 1 heterocycles. The third-order valence-electron chi connectivity index (χ3n) is 1.99. The van der Waals surface area contributed by atoms with Crippen LogP contribution in [0.5, 0.6) is 0 Å². The Labute approximate surface area is 109 Å². The van der Waals surface area contributed by atoms with Gasteiger partial charge in [0, 0.05) is 11.1 Å². The molecule has 2 N–H and O–H groups in total. The van der Waals surface area contributed by atoms with Crippen LogP contribution in [0.15, 0.2) is 44.9 Å². The molecule has 0 spiro atoms. The van der Waals surface area contributed by atoms with Crippen LogP contribution in [0.3, 0.4) is 0 Å². The van der Waals surface area contributed by atoms with Crippen molar-refractivity contribution < 1.29 is 8.78 Å². The van der Waals surface area contributed by atoms with E-state index in [4.69, 9.17) is 5.73 Å². The molecule has 0 fully saturated rings. The molecule has 6 heteroatoms. The van der Waals surface area contributed by atoms with Gasteiger partial charge in [0.2, 0.25) is 0 Å². The van der Waals surface area contributed by atoms with E-state index >= 15 is 0 Å². The van der Waals surface area contributed by atoms with Gasteiger partial charge < -0.3 is 5.73 Å². The van der Waals surface area contributed by atoms with Crippen molar-refractivity contribution in [1.29, 1.82) is 0 Å². The Balaban J connectivity index is 2.35. The summed E-state index contributed by atoms with van der Waals surface area (Å²) in [5, 5.41) is 0. The summed E-state index contributed by atoms with van der Waals surface area (Å²) in [6.07, 6.45) is 3.10. The van der Waals surface area contributed by atoms with Crippen LogP contribution in [-0.2, 0) is 0 Å². The Morgan fingerprint density at radius 1 is 1.18 bits per heavy atom. The largest absolute Gasteiger partial charge is 0.397 e. The average Bonchev–Trinajstić information content (AvgIpc) is 2.28. The van der Waals surface area contributed by atoms with Crippen LogP contribution in [0.4, 0.5) is 14.5 Å². The van der Waals surface area contributed by atoms with Crippen LogP contribution in [0.25, 0.3) is 0 Å². The third kappa shape index (κ3) is 2.76. The Bertz CT molecular complexity index is 543. The number of anilines is 1. The molecule has 2 rings (SSSR count). The van der Waals surface area contributed by atoms with Crippen molar-refractivity contribution in [3.8, 4) is 0 Å². The summed E-state index contributed by atoms with van der Waals surface area (Å²) in [5.74, 6) is -1.74. The number of hydrogen-bond acceptors (Lipinski definition) is 3. The van der Waals surface area contributed by atoms with E-state index in [1.54, 1.807) is 6.20 Å². The van der Waals surface area contributed by atoms with E-state index in [1.807, 2.05) is 0 Å². The lowest BCUT2D eigenvalue weighted by Gasteiger charge is -2.07. The lowest BCUT2D eigenvalue weighted by Crippen LogP contribution is -1.91. The van der Waals surface area contributed by atoms with Crippen LogP contribution < -0.4 is 5.73 Å². The zero-order valence-electron chi connectivity index (χ0n) is 8.45. The monoisotopic (exact) mass is 316 g/mol. The van der Waals surface area contributed by atoms with Crippen molar-refractivity contribution >= 4 is 33.4 Å². The van der Waals surface area contributed by atoms with E-state index in [-0.39, 0.29) is 0 Å². The van der Waals surface area contributed by atoms with Gasteiger partial charge in [-0.3, -0.25) is 4.98 Å². The smallest absolute Gasteiger partial charge is 0.159 e. The Kier molecular flexibility index (Phi) is 3.63. The van der Waals surface area contributed by atoms with Gasteiger partial charge in [0.1, 0.15) is 0 Å². The van der Waals surface area contributed by atoms with E-state index in [9.17, 15) is 8.78 Å². The van der Waals surface area contributed by atoms with Crippen molar-refractivity contribution in [2.24, 2.45) is 0 Å². The van der Waals surface area contributed by atoms with Crippen LogP contribution in [0.2, 0.25) is 0 Å². The summed E-state index contributed by atoms with van der Waals surface area (Å²) in [6.45, 7) is 0. The van der Waals surface area contributed by atoms with Crippen LogP contribution >= 0.6 is 27.7 Å². The van der Waals surface area contributed by atoms with Crippen molar-refractivity contribution in [2.75, 3.05) is 5.73 Å². The maximum absolute atomic E-state index is 13.0. The second kappa shape index (κ2) is 5.01. The maximum Gasteiger partial charge on any atom is 0.159 e. The molecular weight excluding hydrogens is 310 g/mol. The summed E-state index contributed by atoms with van der Waals surface area (Å²) in [7, 11) is 0. The highest BCUT2D eigenvalue weighted by atomic mass is 79.9. The summed E-state index contributed by atoms with van der Waals surface area (Å²) in [5.41, 5.74) is 6.24. The van der Waals surface area contributed by atoms with Gasteiger partial charge in [-0.05, 0) is 34.1 Å². The molecule has 0 aliphatic rings. The highest BCUT2D eigenvalue weighted by molar-refractivity contribution is 9.10. The van der Waals surface area contributed by atoms with E-state index in [0.29, 0.717) is 15.1 Å². The Morgan fingerprint density at radius 3 is 2.59 bits per heavy atom. The average molecular weight is 317 g/mol. The van der Waals surface area contributed by atoms with E-state index < -0.39 is 11.6 Å². The number of rotatable bonds is 2. The van der Waals surface area contributed by atoms with Crippen molar-refractivity contribution in [3.63, 3.8) is 0 Å². The SMILES string of the molecule is Nc1cncc(Br)c1Sc1ccc(F)c(F)c1. The minimum absolute atomic E-state index is 0.481. The molecule has 0 saturated carbocycles. The molecule has 1 aromatic carbocycles. The van der Waals surface area contributed by atoms with Gasteiger partial charge in [0.25, 0.3) is 0 Å². The van der Waals surface area contributed by atoms with Gasteiger partial charge >= 0.3 is 0 Å². The van der Waals surface area contributed by atoms with Gasteiger partial charge in [-0.25, -0.2) is 8.78 Å². The lowest BCUT2D eigenvalue weighted by atomic mass is 10.3. The normalized spacial score (nSPS) is 10.5. The quantitative estimate of drug-likeness (QED) is 0.914. The highest BCUT2D eigenvalue weighted by Gasteiger charge is 2.09. The first-order chi connectivity index (χ1) is 8.08. The summed E-state index contributed by atoms with van der Waals surface area (Å²) >= 11 is 4.55. The summed E-state index contributed by atoms with van der Waals surface area (Å²) in [4.78, 5) is 5.20. The standard InChI is InChI=1S/C11H7BrF2N2S/c12-7-4-16-5-10(15)11(7)17-6-1-2-8(13)9(14)3-6/h1-5H,15H2. The molecular formula is C11H7BrF2N2S. The Hall–Kier alpha value is -1.14. The van der Waals surface area contributed by atoms with Crippen LogP contribution in [0, 0.1) is 11.6 Å². The number of pyridine rings is 1. The van der Waals surface area contributed by atoms with Crippen LogP contribution in [0.1, 0.15) is 0 Å². The topological polar surface area (TPSA) is 38.9 Å². The number of nitrogens with two attached hydrogens (primary N) is 1. The molecule has 0 aliphatic heterocycles. The molecule has 0 bridgehead atoms. The predicted molar refractivity (Wildman–Crippen MR) is 66.8 cm³/mol. The molecule has 0 unspecified atom stereocenters. The minimum Gasteiger partial charge on any atom is -0.397 e. The van der Waals surface area contributed by atoms with E-state index in [2.05, 4.69) is 20.9 Å². The van der Waals surface area contributed by atoms with Crippen molar-refractivity contribution in [1.82, 2.24) is 4.98 Å². The van der Waals surface area contributed by atoms with Crippen LogP contribution in [-0.4, -0.2) is 4.98 Å². The highest BCUT2D eigenvalue weighted by Crippen LogP contribution is 2.37. The molecule has 2 nitrogen and oxygen atoms in total. The number of hydrogen-bond donors (Lipinski definition) is 1. The number of halogens is 3. The zero-order chi connectivity index (χ0) is 12.4. The second-order valence-corrected chi connectivity index (χ2v) is 5.16. The molecule has 17 heavy (non-hydrogen) atoms. The molecule has 0 saturated heterocycles. The fourth-order valence-corrected chi connectivity index (χ4v) is 2.65. The molecule has 0 aliphatic carbocycles. The number of nitrogens with zero attached hydrogens (tertiary/aromatic N) is 1. The maximum atomic E-state index is 13.0. The summed E-state index contributed by atoms with van der Waals surface area (Å²) in [6, 6.07) is 3.71. The molecule has 1 aromatic heterocycles. The predicted octanol–water partition coefficient (Wildman–Crippen LogP) is 3.86. The number of benzene rings is 1. The number of nitrogen functional groups attached to an aromatic ring is 1. The van der Waals surface area contributed by atoms with Gasteiger partial charge in [-0.2, -0.15) is 0 Å². The molecule has 0 atom stereocenters. The first-order valence-electron chi connectivity index (χ1n) is 4.60. The molecule has 2 aromatic rings. The Morgan fingerprint density at radius 2 is 1.94 bits per heavy atom. The first-order valence-corrected chi connectivity index (χ1v) is 6.21. The van der Waals surface area contributed by atoms with Gasteiger partial charge in [-0.1, -0.05) is 11.8 Å². The lowest BCUT2D eigenvalue weighted by molar-refractivity contribution is 0.506. The number of aromatic nitrogens is 1.